The zero-order valence-electron chi connectivity index (χ0n) is 19.4. The summed E-state index contributed by atoms with van der Waals surface area (Å²) in [6.45, 7) is 4.12. The van der Waals surface area contributed by atoms with E-state index in [4.69, 9.17) is 9.47 Å². The van der Waals surface area contributed by atoms with Crippen LogP contribution in [0.4, 0.5) is 0 Å². The predicted octanol–water partition coefficient (Wildman–Crippen LogP) is 3.05. The van der Waals surface area contributed by atoms with Crippen molar-refractivity contribution in [3.8, 4) is 0 Å². The Morgan fingerprint density at radius 3 is 2.26 bits per heavy atom. The summed E-state index contributed by atoms with van der Waals surface area (Å²) in [4.78, 5) is 39.9. The highest BCUT2D eigenvalue weighted by Gasteiger charge is 2.62. The van der Waals surface area contributed by atoms with E-state index in [2.05, 4.69) is 5.32 Å². The van der Waals surface area contributed by atoms with Crippen molar-refractivity contribution in [3.05, 3.63) is 83.6 Å². The van der Waals surface area contributed by atoms with Crippen LogP contribution < -0.4 is 5.32 Å². The van der Waals surface area contributed by atoms with Crippen LogP contribution in [0.1, 0.15) is 25.0 Å². The molecule has 1 amide bonds. The number of ether oxygens (including phenoxy) is 2. The van der Waals surface area contributed by atoms with Crippen LogP contribution in [0, 0.1) is 0 Å². The number of thioether (sulfide) groups is 1. The lowest BCUT2D eigenvalue weighted by atomic mass is 9.93. The van der Waals surface area contributed by atoms with Gasteiger partial charge in [0.05, 0.1) is 19.6 Å². The first-order chi connectivity index (χ1) is 16.3. The molecule has 0 aromatic heterocycles. The molecule has 34 heavy (non-hydrogen) atoms. The number of benzene rings is 2. The van der Waals surface area contributed by atoms with E-state index in [0.717, 1.165) is 11.1 Å². The van der Waals surface area contributed by atoms with Crippen molar-refractivity contribution in [3.63, 3.8) is 0 Å². The van der Waals surface area contributed by atoms with Crippen LogP contribution in [-0.2, 0) is 36.9 Å². The molecule has 2 aromatic carbocycles. The van der Waals surface area contributed by atoms with E-state index in [1.54, 1.807) is 11.8 Å². The van der Waals surface area contributed by atoms with E-state index in [0.29, 0.717) is 5.70 Å². The number of methoxy groups -OCH3 is 1. The Morgan fingerprint density at radius 1 is 1.03 bits per heavy atom. The molecule has 1 N–H and O–H groups in total. The lowest BCUT2D eigenvalue weighted by Gasteiger charge is -2.48. The Kier molecular flexibility index (Phi) is 6.97. The van der Waals surface area contributed by atoms with Crippen LogP contribution >= 0.6 is 11.8 Å². The number of rotatable bonds is 7. The first-order valence-electron chi connectivity index (χ1n) is 11.1. The van der Waals surface area contributed by atoms with Crippen LogP contribution in [0.15, 0.2) is 72.4 Å². The monoisotopic (exact) mass is 480 g/mol. The third-order valence-corrected chi connectivity index (χ3v) is 7.55. The van der Waals surface area contributed by atoms with Crippen molar-refractivity contribution < 1.29 is 23.9 Å². The summed E-state index contributed by atoms with van der Waals surface area (Å²) in [5.74, 6) is -1.06. The maximum atomic E-state index is 13.2. The van der Waals surface area contributed by atoms with Gasteiger partial charge in [0, 0.05) is 16.5 Å². The molecule has 0 saturated carbocycles. The van der Waals surface area contributed by atoms with Crippen molar-refractivity contribution in [1.82, 2.24) is 10.2 Å². The highest BCUT2D eigenvalue weighted by molar-refractivity contribution is 8.01. The summed E-state index contributed by atoms with van der Waals surface area (Å²) >= 11 is 1.59. The van der Waals surface area contributed by atoms with Crippen molar-refractivity contribution in [1.29, 1.82) is 0 Å². The molecule has 0 unspecified atom stereocenters. The fourth-order valence-corrected chi connectivity index (χ4v) is 6.03. The molecule has 2 saturated heterocycles. The molecule has 8 heteroatoms. The lowest BCUT2D eigenvalue weighted by Crippen LogP contribution is -2.65. The maximum Gasteiger partial charge on any atom is 0.332 e. The molecular formula is C26H28N2O5S. The largest absolute Gasteiger partial charge is 0.466 e. The van der Waals surface area contributed by atoms with E-state index in [1.165, 1.54) is 13.2 Å². The molecule has 4 rings (SSSR count). The number of nitrogens with zero attached hydrogens (tertiary/aromatic N) is 1. The molecule has 0 radical (unpaired) electrons. The Hall–Kier alpha value is -3.26. The first kappa shape index (κ1) is 23.9. The van der Waals surface area contributed by atoms with Gasteiger partial charge in [-0.3, -0.25) is 4.79 Å². The third kappa shape index (κ3) is 4.97. The van der Waals surface area contributed by atoms with E-state index >= 15 is 0 Å². The average molecular weight is 481 g/mol. The van der Waals surface area contributed by atoms with Gasteiger partial charge in [-0.05, 0) is 25.0 Å². The van der Waals surface area contributed by atoms with Crippen LogP contribution in [0.3, 0.4) is 0 Å². The van der Waals surface area contributed by atoms with Gasteiger partial charge < -0.3 is 19.7 Å². The molecule has 2 fully saturated rings. The van der Waals surface area contributed by atoms with Gasteiger partial charge in [-0.2, -0.15) is 0 Å². The van der Waals surface area contributed by atoms with Gasteiger partial charge in [0.2, 0.25) is 5.91 Å². The van der Waals surface area contributed by atoms with Crippen molar-refractivity contribution >= 4 is 29.6 Å². The van der Waals surface area contributed by atoms with Crippen LogP contribution in [-0.4, -0.2) is 52.1 Å². The lowest BCUT2D eigenvalue weighted by molar-refractivity contribution is -0.153. The van der Waals surface area contributed by atoms with Gasteiger partial charge >= 0.3 is 11.9 Å². The van der Waals surface area contributed by atoms with E-state index in [-0.39, 0.29) is 30.3 Å². The van der Waals surface area contributed by atoms with Crippen LogP contribution in [0.5, 0.6) is 0 Å². The predicted molar refractivity (Wildman–Crippen MR) is 129 cm³/mol. The quantitative estimate of drug-likeness (QED) is 0.482. The van der Waals surface area contributed by atoms with Gasteiger partial charge in [0.1, 0.15) is 18.0 Å². The number of hydrogen-bond acceptors (Lipinski definition) is 7. The first-order valence-corrected chi connectivity index (χ1v) is 12.0. The van der Waals surface area contributed by atoms with Gasteiger partial charge in [-0.25, -0.2) is 9.59 Å². The van der Waals surface area contributed by atoms with Crippen LogP contribution in [0.25, 0.3) is 0 Å². The average Bonchev–Trinajstić information content (AvgIpc) is 3.08. The van der Waals surface area contributed by atoms with Crippen LogP contribution in [0.2, 0.25) is 0 Å². The summed E-state index contributed by atoms with van der Waals surface area (Å²) in [5.41, 5.74) is 2.35. The van der Waals surface area contributed by atoms with Crippen molar-refractivity contribution in [2.24, 2.45) is 0 Å². The summed E-state index contributed by atoms with van der Waals surface area (Å²) in [7, 11) is 1.30. The highest BCUT2D eigenvalue weighted by atomic mass is 32.2. The number of nitrogens with one attached hydrogen (secondary N) is 1. The van der Waals surface area contributed by atoms with Gasteiger partial charge in [0.15, 0.2) is 0 Å². The Balaban J connectivity index is 1.51. The normalized spacial score (nSPS) is 23.6. The molecule has 2 heterocycles. The fraction of sp³-hybridized carbons (Fsp3) is 0.346. The van der Waals surface area contributed by atoms with Crippen molar-refractivity contribution in [2.45, 2.75) is 49.1 Å². The molecule has 0 spiro atoms. The molecule has 3 atom stereocenters. The zero-order valence-corrected chi connectivity index (χ0v) is 20.2. The Bertz CT molecular complexity index is 1090. The summed E-state index contributed by atoms with van der Waals surface area (Å²) in [6.07, 6.45) is 1.58. The summed E-state index contributed by atoms with van der Waals surface area (Å²) in [6, 6.07) is 17.9. The molecule has 0 bridgehead atoms. The minimum absolute atomic E-state index is 0.153. The third-order valence-electron chi connectivity index (χ3n) is 5.98. The number of hydrogen-bond donors (Lipinski definition) is 1. The number of carbonyl (C=O) groups excluding carboxylic acids is 3. The second-order valence-electron chi connectivity index (χ2n) is 8.81. The van der Waals surface area contributed by atoms with E-state index in [1.807, 2.05) is 79.4 Å². The molecule has 7 nitrogen and oxygen atoms in total. The number of fused-ring (bicyclic) bond motifs is 1. The summed E-state index contributed by atoms with van der Waals surface area (Å²) in [5, 5.41) is 2.85. The fourth-order valence-electron chi connectivity index (χ4n) is 4.36. The number of esters is 2. The molecule has 2 aliphatic rings. The zero-order chi connectivity index (χ0) is 24.3. The summed E-state index contributed by atoms with van der Waals surface area (Å²) < 4.78 is 9.99. The maximum absolute atomic E-state index is 13.2. The van der Waals surface area contributed by atoms with Gasteiger partial charge in [-0.1, -0.05) is 60.7 Å². The molecule has 178 valence electrons. The molecule has 2 aromatic rings. The van der Waals surface area contributed by atoms with E-state index in [9.17, 15) is 14.4 Å². The molecule has 2 aliphatic heterocycles. The van der Waals surface area contributed by atoms with Crippen molar-refractivity contribution in [2.75, 3.05) is 7.11 Å². The van der Waals surface area contributed by atoms with E-state index < -0.39 is 22.8 Å². The number of amides is 1. The second kappa shape index (κ2) is 9.93. The molecular weight excluding hydrogens is 452 g/mol. The smallest absolute Gasteiger partial charge is 0.332 e. The number of carbonyl (C=O) groups is 3. The minimum atomic E-state index is -0.607. The minimum Gasteiger partial charge on any atom is -0.466 e. The standard InChI is InChI=1S/C26H28N2O5S/c1-26(2)23(25(31)33-16-18-12-8-5-9-13-18)28-19(15-21(30)32-3)22(24(28)34-26)27-20(29)14-17-10-6-4-7-11-17/h4-13,15,22-24H,14,16H2,1-3H3,(H,27,29)/t22-,23+,24-/m1/s1. The molecule has 0 aliphatic carbocycles. The SMILES string of the molecule is COC(=O)C=C1[C@@H](NC(=O)Cc2ccccc2)[C@H]2SC(C)(C)[C@H](C(=O)OCc3ccccc3)N12. The Labute approximate surface area is 203 Å². The topological polar surface area (TPSA) is 84.9 Å². The Morgan fingerprint density at radius 2 is 1.65 bits per heavy atom. The van der Waals surface area contributed by atoms with Gasteiger partial charge in [-0.15, -0.1) is 11.8 Å². The second-order valence-corrected chi connectivity index (χ2v) is 10.6. The highest BCUT2D eigenvalue weighted by Crippen LogP contribution is 2.54. The van der Waals surface area contributed by atoms with Gasteiger partial charge in [0.25, 0.3) is 0 Å².